The van der Waals surface area contributed by atoms with Crippen LogP contribution in [0.4, 0.5) is 16.2 Å². The Labute approximate surface area is 209 Å². The molecule has 1 heterocycles. The molecule has 2 amide bonds. The smallest absolute Gasteiger partial charge is 0.322 e. The molecular formula is C26H26ClN7O. The van der Waals surface area contributed by atoms with E-state index in [1.165, 1.54) is 0 Å². The van der Waals surface area contributed by atoms with Crippen molar-refractivity contribution in [2.45, 2.75) is 12.6 Å². The molecule has 1 atom stereocenters. The molecular weight excluding hydrogens is 462 g/mol. The Morgan fingerprint density at radius 3 is 2.51 bits per heavy atom. The molecule has 0 saturated carbocycles. The van der Waals surface area contributed by atoms with Crippen LogP contribution in [0, 0.1) is 11.5 Å². The predicted octanol–water partition coefficient (Wildman–Crippen LogP) is 4.64. The fourth-order valence-electron chi connectivity index (χ4n) is 4.04. The first-order chi connectivity index (χ1) is 17.1. The number of nitriles is 1. The molecule has 35 heavy (non-hydrogen) atoms. The van der Waals surface area contributed by atoms with Crippen LogP contribution in [-0.4, -0.2) is 41.4 Å². The van der Waals surface area contributed by atoms with Crippen LogP contribution in [0.15, 0.2) is 83.9 Å². The molecule has 1 aliphatic rings. The lowest BCUT2D eigenvalue weighted by Gasteiger charge is -2.42. The number of halogens is 1. The van der Waals surface area contributed by atoms with Gasteiger partial charge in [0, 0.05) is 42.6 Å². The van der Waals surface area contributed by atoms with E-state index in [9.17, 15) is 10.1 Å². The number of nitrogens with zero attached hydrogens (tertiary/aromatic N) is 4. The molecule has 0 bridgehead atoms. The van der Waals surface area contributed by atoms with Crippen molar-refractivity contribution in [1.82, 2.24) is 9.80 Å². The monoisotopic (exact) mass is 487 g/mol. The first kappa shape index (κ1) is 24.1. The van der Waals surface area contributed by atoms with Gasteiger partial charge in [0.05, 0.1) is 6.04 Å². The van der Waals surface area contributed by atoms with Crippen LogP contribution in [0.3, 0.4) is 0 Å². The van der Waals surface area contributed by atoms with Gasteiger partial charge in [0.2, 0.25) is 12.2 Å². The zero-order valence-corrected chi connectivity index (χ0v) is 19.8. The fourth-order valence-corrected chi connectivity index (χ4v) is 4.16. The van der Waals surface area contributed by atoms with E-state index < -0.39 is 0 Å². The van der Waals surface area contributed by atoms with Gasteiger partial charge in [0.1, 0.15) is 0 Å². The second-order valence-electron chi connectivity index (χ2n) is 8.07. The van der Waals surface area contributed by atoms with Gasteiger partial charge in [-0.25, -0.2) is 4.79 Å². The summed E-state index contributed by atoms with van der Waals surface area (Å²) in [5, 5.41) is 16.2. The van der Waals surface area contributed by atoms with Gasteiger partial charge in [0.25, 0.3) is 0 Å². The van der Waals surface area contributed by atoms with Crippen LogP contribution in [0.25, 0.3) is 0 Å². The second-order valence-corrected chi connectivity index (χ2v) is 8.50. The van der Waals surface area contributed by atoms with Gasteiger partial charge in [-0.05, 0) is 47.5 Å². The molecule has 1 unspecified atom stereocenters. The van der Waals surface area contributed by atoms with Gasteiger partial charge in [-0.3, -0.25) is 0 Å². The van der Waals surface area contributed by atoms with Gasteiger partial charge in [-0.2, -0.15) is 5.26 Å². The highest BCUT2D eigenvalue weighted by atomic mass is 35.5. The first-order valence-electron chi connectivity index (χ1n) is 11.2. The number of nitrogens with one attached hydrogen (secondary N) is 2. The largest absolute Gasteiger partial charge is 0.338 e. The number of carbonyl (C=O) groups is 1. The number of hydrogen-bond donors (Lipinski definition) is 3. The molecule has 0 aromatic heterocycles. The maximum absolute atomic E-state index is 13.3. The number of anilines is 2. The molecule has 9 heteroatoms. The van der Waals surface area contributed by atoms with Crippen LogP contribution >= 0.6 is 11.6 Å². The zero-order chi connectivity index (χ0) is 24.6. The summed E-state index contributed by atoms with van der Waals surface area (Å²) in [6.45, 7) is 1.81. The predicted molar refractivity (Wildman–Crippen MR) is 139 cm³/mol. The summed E-state index contributed by atoms with van der Waals surface area (Å²) in [7, 11) is 0. The van der Waals surface area contributed by atoms with Crippen molar-refractivity contribution in [1.29, 1.82) is 5.26 Å². The van der Waals surface area contributed by atoms with Gasteiger partial charge >= 0.3 is 6.03 Å². The minimum Gasteiger partial charge on any atom is -0.338 e. The molecule has 8 nitrogen and oxygen atoms in total. The third kappa shape index (κ3) is 6.09. The summed E-state index contributed by atoms with van der Waals surface area (Å²) in [5.41, 5.74) is 9.19. The van der Waals surface area contributed by atoms with E-state index in [0.29, 0.717) is 42.8 Å². The summed E-state index contributed by atoms with van der Waals surface area (Å²) in [4.78, 5) is 21.1. The van der Waals surface area contributed by atoms with Gasteiger partial charge < -0.3 is 26.2 Å². The highest BCUT2D eigenvalue weighted by Crippen LogP contribution is 2.27. The Kier molecular flexibility index (Phi) is 7.83. The van der Waals surface area contributed by atoms with Crippen molar-refractivity contribution in [3.05, 3.63) is 95.0 Å². The number of nitrogens with two attached hydrogens (primary N) is 1. The van der Waals surface area contributed by atoms with Crippen molar-refractivity contribution in [2.24, 2.45) is 10.7 Å². The minimum atomic E-state index is -0.252. The molecule has 1 fully saturated rings. The topological polar surface area (TPSA) is 110 Å². The molecule has 3 aromatic rings. The number of urea groups is 1. The van der Waals surface area contributed by atoms with Gasteiger partial charge in [-0.1, -0.05) is 54.1 Å². The molecule has 178 valence electrons. The average Bonchev–Trinajstić information content (AvgIpc) is 2.90. The van der Waals surface area contributed by atoms with Crippen molar-refractivity contribution in [3.8, 4) is 6.19 Å². The highest BCUT2D eigenvalue weighted by Gasteiger charge is 2.33. The maximum Gasteiger partial charge on any atom is 0.322 e. The van der Waals surface area contributed by atoms with E-state index in [-0.39, 0.29) is 12.1 Å². The van der Waals surface area contributed by atoms with Crippen LogP contribution in [0.5, 0.6) is 0 Å². The highest BCUT2D eigenvalue weighted by molar-refractivity contribution is 6.30. The Bertz CT molecular complexity index is 1220. The van der Waals surface area contributed by atoms with Crippen LogP contribution in [0.1, 0.15) is 17.2 Å². The Balaban J connectivity index is 1.56. The number of aliphatic imine (C=N–C) groups is 1. The molecule has 1 aliphatic heterocycles. The van der Waals surface area contributed by atoms with E-state index in [0.717, 1.165) is 16.8 Å². The zero-order valence-electron chi connectivity index (χ0n) is 19.1. The van der Waals surface area contributed by atoms with E-state index in [4.69, 9.17) is 17.3 Å². The molecule has 3 aromatic carbocycles. The lowest BCUT2D eigenvalue weighted by Crippen LogP contribution is -2.54. The summed E-state index contributed by atoms with van der Waals surface area (Å²) in [5.74, 6) is 0.431. The quantitative estimate of drug-likeness (QED) is 0.282. The number of piperazine rings is 1. The van der Waals surface area contributed by atoms with Crippen molar-refractivity contribution >= 4 is 35.0 Å². The van der Waals surface area contributed by atoms with Crippen LogP contribution in [0.2, 0.25) is 5.02 Å². The Morgan fingerprint density at radius 2 is 1.80 bits per heavy atom. The maximum atomic E-state index is 13.3. The third-order valence-corrected chi connectivity index (χ3v) is 6.05. The lowest BCUT2D eigenvalue weighted by atomic mass is 10.0. The Morgan fingerprint density at radius 1 is 1.03 bits per heavy atom. The molecule has 0 spiro atoms. The lowest BCUT2D eigenvalue weighted by molar-refractivity contribution is 0.136. The molecule has 0 aliphatic carbocycles. The number of amides is 2. The molecule has 1 saturated heterocycles. The van der Waals surface area contributed by atoms with E-state index in [1.807, 2.05) is 65.7 Å². The van der Waals surface area contributed by atoms with Gasteiger partial charge in [0.15, 0.2) is 0 Å². The molecule has 4 rings (SSSR count). The summed E-state index contributed by atoms with van der Waals surface area (Å²) in [6.07, 6.45) is 1.90. The summed E-state index contributed by atoms with van der Waals surface area (Å²) >= 11 is 5.97. The molecule has 4 N–H and O–H groups in total. The molecule has 0 radical (unpaired) electrons. The van der Waals surface area contributed by atoms with Gasteiger partial charge in [-0.15, -0.1) is 4.99 Å². The number of benzene rings is 3. The van der Waals surface area contributed by atoms with Crippen molar-refractivity contribution in [3.63, 3.8) is 0 Å². The fraction of sp³-hybridized carbons (Fsp3) is 0.192. The third-order valence-electron chi connectivity index (χ3n) is 5.80. The standard InChI is InChI=1S/C26H26ClN7O/c27-21-9-11-22(12-10-21)32-26(35)34-14-13-33(17-24(34)20-6-2-1-3-7-20)25(30-18-29)31-23-8-4-5-19(15-23)16-28/h1-12,15,24H,13-14,16-17,28H2,(H,30,31)(H,32,35). The number of guanidine groups is 1. The number of hydrogen-bond acceptors (Lipinski definition) is 4. The van der Waals surface area contributed by atoms with Crippen molar-refractivity contribution < 1.29 is 4.79 Å². The average molecular weight is 488 g/mol. The minimum absolute atomic E-state index is 0.205. The second kappa shape index (κ2) is 11.4. The first-order valence-corrected chi connectivity index (χ1v) is 11.6. The summed E-state index contributed by atoms with van der Waals surface area (Å²) in [6, 6.07) is 24.1. The normalized spacial score (nSPS) is 15.9. The summed E-state index contributed by atoms with van der Waals surface area (Å²) < 4.78 is 0. The number of rotatable bonds is 4. The van der Waals surface area contributed by atoms with Crippen LogP contribution in [-0.2, 0) is 6.54 Å². The Hall–Kier alpha value is -4.06. The van der Waals surface area contributed by atoms with E-state index in [1.54, 1.807) is 29.2 Å². The van der Waals surface area contributed by atoms with E-state index in [2.05, 4.69) is 15.6 Å². The van der Waals surface area contributed by atoms with Crippen molar-refractivity contribution in [2.75, 3.05) is 30.3 Å². The van der Waals surface area contributed by atoms with Crippen LogP contribution < -0.4 is 16.4 Å². The SMILES string of the molecule is N#C/N=C(/Nc1cccc(CN)c1)N1CCN(C(=O)Nc2ccc(Cl)cc2)C(c2ccccc2)C1. The van der Waals surface area contributed by atoms with E-state index >= 15 is 0 Å². The number of carbonyl (C=O) groups excluding carboxylic acids is 1.